The lowest BCUT2D eigenvalue weighted by Gasteiger charge is -1.93. The summed E-state index contributed by atoms with van der Waals surface area (Å²) in [7, 11) is 0. The van der Waals surface area contributed by atoms with Crippen molar-refractivity contribution in [3.05, 3.63) is 48.0 Å². The van der Waals surface area contributed by atoms with Gasteiger partial charge in [-0.25, -0.2) is 4.99 Å². The molecule has 0 radical (unpaired) electrons. The first-order valence-corrected chi connectivity index (χ1v) is 5.70. The number of nitrogens with zero attached hydrogens (tertiary/aromatic N) is 1. The lowest BCUT2D eigenvalue weighted by molar-refractivity contribution is -0.115. The average Bonchev–Trinajstić information content (AvgIpc) is 2.74. The Morgan fingerprint density at radius 3 is 2.72 bits per heavy atom. The van der Waals surface area contributed by atoms with Gasteiger partial charge in [-0.15, -0.1) is 0 Å². The molecule has 0 spiro atoms. The molecule has 0 fully saturated rings. The largest absolute Gasteiger partial charge is 0.456 e. The van der Waals surface area contributed by atoms with E-state index in [0.29, 0.717) is 0 Å². The van der Waals surface area contributed by atoms with Crippen molar-refractivity contribution in [2.75, 3.05) is 0 Å². The molecule has 1 amide bonds. The second-order valence-electron chi connectivity index (χ2n) is 4.13. The Labute approximate surface area is 104 Å². The van der Waals surface area contributed by atoms with E-state index in [9.17, 15) is 4.79 Å². The van der Waals surface area contributed by atoms with Crippen molar-refractivity contribution >= 4 is 34.1 Å². The zero-order chi connectivity index (χ0) is 12.5. The Kier molecular flexibility index (Phi) is 2.45. The molecule has 0 aliphatic rings. The lowest BCUT2D eigenvalue weighted by Crippen LogP contribution is -1.86. The number of aliphatic imine (C=N–C) groups is 1. The Hall–Kier alpha value is -2.42. The van der Waals surface area contributed by atoms with Crippen LogP contribution < -0.4 is 0 Å². The summed E-state index contributed by atoms with van der Waals surface area (Å²) in [4.78, 5) is 14.6. The molecule has 18 heavy (non-hydrogen) atoms. The van der Waals surface area contributed by atoms with E-state index in [1.54, 1.807) is 6.21 Å². The van der Waals surface area contributed by atoms with Crippen LogP contribution in [0.2, 0.25) is 0 Å². The van der Waals surface area contributed by atoms with E-state index >= 15 is 0 Å². The molecule has 0 aliphatic carbocycles. The highest BCUT2D eigenvalue weighted by Crippen LogP contribution is 2.28. The van der Waals surface area contributed by atoms with E-state index in [1.807, 2.05) is 42.5 Å². The lowest BCUT2D eigenvalue weighted by atomic mass is 10.1. The second-order valence-corrected chi connectivity index (χ2v) is 4.13. The Morgan fingerprint density at radius 1 is 1.11 bits per heavy atom. The van der Waals surface area contributed by atoms with Gasteiger partial charge in [0.2, 0.25) is 5.91 Å². The van der Waals surface area contributed by atoms with Gasteiger partial charge in [-0.2, -0.15) is 0 Å². The molecular weight excluding hydrogens is 226 g/mol. The highest BCUT2D eigenvalue weighted by Gasteiger charge is 2.05. The molecule has 1 heterocycles. The van der Waals surface area contributed by atoms with Crippen molar-refractivity contribution in [1.29, 1.82) is 0 Å². The van der Waals surface area contributed by atoms with Gasteiger partial charge in [-0.1, -0.05) is 18.2 Å². The third-order valence-corrected chi connectivity index (χ3v) is 2.80. The van der Waals surface area contributed by atoms with Gasteiger partial charge < -0.3 is 4.42 Å². The van der Waals surface area contributed by atoms with Gasteiger partial charge in [-0.3, -0.25) is 4.79 Å². The van der Waals surface area contributed by atoms with Crippen LogP contribution in [0.5, 0.6) is 0 Å². The number of benzene rings is 2. The van der Waals surface area contributed by atoms with Gasteiger partial charge in [0.1, 0.15) is 11.2 Å². The van der Waals surface area contributed by atoms with Crippen LogP contribution in [0.3, 0.4) is 0 Å². The quantitative estimate of drug-likeness (QED) is 0.607. The molecule has 0 saturated carbocycles. The maximum Gasteiger partial charge on any atom is 0.242 e. The van der Waals surface area contributed by atoms with Gasteiger partial charge in [0.15, 0.2) is 0 Å². The number of rotatable bonds is 1. The van der Waals surface area contributed by atoms with Gasteiger partial charge >= 0.3 is 0 Å². The first-order valence-electron chi connectivity index (χ1n) is 5.70. The number of fused-ring (bicyclic) bond motifs is 3. The molecule has 3 heteroatoms. The predicted octanol–water partition coefficient (Wildman–Crippen LogP) is 3.55. The molecule has 2 aromatic carbocycles. The molecule has 0 saturated heterocycles. The van der Waals surface area contributed by atoms with Crippen LogP contribution in [0.15, 0.2) is 51.9 Å². The monoisotopic (exact) mass is 237 g/mol. The van der Waals surface area contributed by atoms with Gasteiger partial charge in [0.05, 0.1) is 0 Å². The highest BCUT2D eigenvalue weighted by atomic mass is 16.3. The summed E-state index contributed by atoms with van der Waals surface area (Å²) in [6, 6.07) is 13.7. The fourth-order valence-corrected chi connectivity index (χ4v) is 1.99. The smallest absolute Gasteiger partial charge is 0.242 e. The van der Waals surface area contributed by atoms with Crippen molar-refractivity contribution in [2.24, 2.45) is 4.99 Å². The maximum atomic E-state index is 10.8. The van der Waals surface area contributed by atoms with Crippen molar-refractivity contribution in [2.45, 2.75) is 6.92 Å². The van der Waals surface area contributed by atoms with E-state index in [4.69, 9.17) is 4.42 Å². The van der Waals surface area contributed by atoms with E-state index in [1.165, 1.54) is 6.92 Å². The normalized spacial score (nSPS) is 11.6. The van der Waals surface area contributed by atoms with Gasteiger partial charge in [0.25, 0.3) is 0 Å². The van der Waals surface area contributed by atoms with Crippen molar-refractivity contribution in [3.63, 3.8) is 0 Å². The number of carbonyl (C=O) groups is 1. The minimum atomic E-state index is -0.202. The van der Waals surface area contributed by atoms with E-state index in [-0.39, 0.29) is 5.91 Å². The van der Waals surface area contributed by atoms with Crippen LogP contribution in [0.4, 0.5) is 0 Å². The molecule has 0 aliphatic heterocycles. The molecule has 0 unspecified atom stereocenters. The van der Waals surface area contributed by atoms with Crippen LogP contribution in [-0.2, 0) is 4.79 Å². The van der Waals surface area contributed by atoms with Gasteiger partial charge in [-0.05, 0) is 29.8 Å². The summed E-state index contributed by atoms with van der Waals surface area (Å²) in [5, 5.41) is 2.11. The van der Waals surface area contributed by atoms with E-state index in [2.05, 4.69) is 4.99 Å². The van der Waals surface area contributed by atoms with E-state index < -0.39 is 0 Å². The topological polar surface area (TPSA) is 42.6 Å². The van der Waals surface area contributed by atoms with Crippen molar-refractivity contribution in [1.82, 2.24) is 0 Å². The fourth-order valence-electron chi connectivity index (χ4n) is 1.99. The molecule has 0 N–H and O–H groups in total. The SMILES string of the molecule is CC(=O)N=Cc1ccc2oc3ccccc3c2c1. The molecule has 3 nitrogen and oxygen atoms in total. The molecule has 3 rings (SSSR count). The highest BCUT2D eigenvalue weighted by molar-refractivity contribution is 6.06. The van der Waals surface area contributed by atoms with Crippen LogP contribution in [-0.4, -0.2) is 12.1 Å². The summed E-state index contributed by atoms with van der Waals surface area (Å²) in [5.74, 6) is -0.202. The van der Waals surface area contributed by atoms with Crippen LogP contribution in [0.1, 0.15) is 12.5 Å². The number of carbonyl (C=O) groups excluding carboxylic acids is 1. The summed E-state index contributed by atoms with van der Waals surface area (Å²) in [6.45, 7) is 1.43. The minimum Gasteiger partial charge on any atom is -0.456 e. The maximum absolute atomic E-state index is 10.8. The zero-order valence-electron chi connectivity index (χ0n) is 9.88. The van der Waals surface area contributed by atoms with Crippen LogP contribution in [0, 0.1) is 0 Å². The summed E-state index contributed by atoms with van der Waals surface area (Å²) < 4.78 is 5.72. The first kappa shape index (κ1) is 10.7. The number of hydrogen-bond donors (Lipinski definition) is 0. The average molecular weight is 237 g/mol. The Balaban J connectivity index is 2.21. The van der Waals surface area contributed by atoms with Gasteiger partial charge in [0, 0.05) is 23.9 Å². The Bertz CT molecular complexity index is 768. The number of furan rings is 1. The predicted molar refractivity (Wildman–Crippen MR) is 72.0 cm³/mol. The van der Waals surface area contributed by atoms with Crippen LogP contribution >= 0.6 is 0 Å². The van der Waals surface area contributed by atoms with Crippen LogP contribution in [0.25, 0.3) is 21.9 Å². The first-order chi connectivity index (χ1) is 8.74. The summed E-state index contributed by atoms with van der Waals surface area (Å²) in [5.41, 5.74) is 2.61. The third kappa shape index (κ3) is 1.80. The van der Waals surface area contributed by atoms with Crippen molar-refractivity contribution in [3.8, 4) is 0 Å². The molecule has 3 aromatic rings. The summed E-state index contributed by atoms with van der Waals surface area (Å²) >= 11 is 0. The molecule has 0 bridgehead atoms. The zero-order valence-corrected chi connectivity index (χ0v) is 9.88. The number of hydrogen-bond acceptors (Lipinski definition) is 2. The minimum absolute atomic E-state index is 0.202. The standard InChI is InChI=1S/C15H11NO2/c1-10(17)16-9-11-6-7-15-13(8-11)12-4-2-3-5-14(12)18-15/h2-9H,1H3. The van der Waals surface area contributed by atoms with Crippen molar-refractivity contribution < 1.29 is 9.21 Å². The fraction of sp³-hybridized carbons (Fsp3) is 0.0667. The second kappa shape index (κ2) is 4.11. The number of para-hydroxylation sites is 1. The Morgan fingerprint density at radius 2 is 1.89 bits per heavy atom. The molecule has 1 aromatic heterocycles. The summed E-state index contributed by atoms with van der Waals surface area (Å²) in [6.07, 6.45) is 1.57. The van der Waals surface area contributed by atoms with E-state index in [0.717, 1.165) is 27.5 Å². The molecule has 0 atom stereocenters. The molecular formula is C15H11NO2. The molecule has 88 valence electrons. The third-order valence-electron chi connectivity index (χ3n) is 2.80. The number of amides is 1.